The van der Waals surface area contributed by atoms with E-state index in [-0.39, 0.29) is 18.4 Å². The number of hydrogen-bond donors (Lipinski definition) is 2. The van der Waals surface area contributed by atoms with Crippen molar-refractivity contribution in [2.45, 2.75) is 50.1 Å². The van der Waals surface area contributed by atoms with Crippen LogP contribution in [0.5, 0.6) is 0 Å². The van der Waals surface area contributed by atoms with Crippen LogP contribution in [0.4, 0.5) is 4.79 Å². The van der Waals surface area contributed by atoms with Crippen molar-refractivity contribution >= 4 is 18.0 Å². The van der Waals surface area contributed by atoms with E-state index in [1.165, 1.54) is 4.90 Å². The molecule has 1 unspecified atom stereocenters. The number of amides is 2. The molecule has 0 aromatic heterocycles. The second-order valence-corrected chi connectivity index (χ2v) is 9.23. The molecule has 5 rings (SSSR count). The van der Waals surface area contributed by atoms with Crippen LogP contribution in [-0.2, 0) is 14.3 Å². The Hall–Kier alpha value is -3.35. The van der Waals surface area contributed by atoms with Gasteiger partial charge in [0.1, 0.15) is 18.7 Å². The van der Waals surface area contributed by atoms with E-state index in [9.17, 15) is 19.5 Å². The van der Waals surface area contributed by atoms with E-state index in [0.717, 1.165) is 35.1 Å². The molecule has 1 aliphatic heterocycles. The third kappa shape index (κ3) is 4.32. The average Bonchev–Trinajstić information content (AvgIpc) is 3.39. The van der Waals surface area contributed by atoms with E-state index < -0.39 is 24.1 Å². The second-order valence-electron chi connectivity index (χ2n) is 9.23. The molecule has 33 heavy (non-hydrogen) atoms. The fourth-order valence-electron chi connectivity index (χ4n) is 5.18. The number of nitrogens with one attached hydrogen (secondary N) is 1. The highest BCUT2D eigenvalue weighted by Gasteiger charge is 2.40. The van der Waals surface area contributed by atoms with Gasteiger partial charge < -0.3 is 20.1 Å². The Labute approximate surface area is 192 Å². The molecule has 2 atom stereocenters. The molecular formula is C26H28N2O5. The van der Waals surface area contributed by atoms with Gasteiger partial charge >= 0.3 is 12.1 Å². The number of ether oxygens (including phenoxy) is 1. The lowest BCUT2D eigenvalue weighted by Gasteiger charge is -2.27. The van der Waals surface area contributed by atoms with Gasteiger partial charge in [-0.25, -0.2) is 9.59 Å². The molecule has 7 heteroatoms. The quantitative estimate of drug-likeness (QED) is 0.672. The molecule has 1 saturated carbocycles. The van der Waals surface area contributed by atoms with Crippen LogP contribution < -0.4 is 5.32 Å². The van der Waals surface area contributed by atoms with E-state index in [1.807, 2.05) is 24.3 Å². The molecule has 0 spiro atoms. The maximum Gasteiger partial charge on any atom is 0.407 e. The van der Waals surface area contributed by atoms with Crippen molar-refractivity contribution in [2.75, 3.05) is 13.2 Å². The van der Waals surface area contributed by atoms with Gasteiger partial charge in [0, 0.05) is 12.5 Å². The van der Waals surface area contributed by atoms with Crippen LogP contribution in [0.25, 0.3) is 11.1 Å². The van der Waals surface area contributed by atoms with Gasteiger partial charge in [0.05, 0.1) is 0 Å². The summed E-state index contributed by atoms with van der Waals surface area (Å²) in [6.07, 6.45) is 3.04. The van der Waals surface area contributed by atoms with E-state index >= 15 is 0 Å². The molecule has 0 radical (unpaired) electrons. The Morgan fingerprint density at radius 1 is 1.00 bits per heavy atom. The molecule has 2 fully saturated rings. The van der Waals surface area contributed by atoms with E-state index in [4.69, 9.17) is 4.74 Å². The molecule has 3 aliphatic rings. The van der Waals surface area contributed by atoms with Crippen LogP contribution in [0.3, 0.4) is 0 Å². The Balaban J connectivity index is 1.26. The number of carboxylic acid groups (broad SMARTS) is 1. The fourth-order valence-corrected chi connectivity index (χ4v) is 5.18. The summed E-state index contributed by atoms with van der Waals surface area (Å²) < 4.78 is 5.62. The molecule has 0 bridgehead atoms. The summed E-state index contributed by atoms with van der Waals surface area (Å²) in [6, 6.07) is 14.7. The number of hydrogen-bond acceptors (Lipinski definition) is 4. The van der Waals surface area contributed by atoms with Gasteiger partial charge in [0.25, 0.3) is 0 Å². The Kier molecular flexibility index (Phi) is 5.79. The summed E-state index contributed by atoms with van der Waals surface area (Å²) in [7, 11) is 0. The smallest absolute Gasteiger partial charge is 0.407 e. The first kappa shape index (κ1) is 21.5. The van der Waals surface area contributed by atoms with Gasteiger partial charge in [-0.3, -0.25) is 4.79 Å². The predicted molar refractivity (Wildman–Crippen MR) is 122 cm³/mol. The third-order valence-electron chi connectivity index (χ3n) is 7.02. The van der Waals surface area contributed by atoms with Crippen LogP contribution in [-0.4, -0.2) is 53.2 Å². The molecule has 1 saturated heterocycles. The van der Waals surface area contributed by atoms with Crippen molar-refractivity contribution in [2.24, 2.45) is 5.92 Å². The number of aliphatic carboxylic acids is 1. The number of carbonyl (C=O) groups excluding carboxylic acids is 2. The first-order valence-electron chi connectivity index (χ1n) is 11.7. The number of fused-ring (bicyclic) bond motifs is 3. The van der Waals surface area contributed by atoms with Crippen molar-refractivity contribution < 1.29 is 24.2 Å². The van der Waals surface area contributed by atoms with Crippen molar-refractivity contribution in [3.05, 3.63) is 59.7 Å². The maximum absolute atomic E-state index is 13.1. The highest BCUT2D eigenvalue weighted by molar-refractivity contribution is 5.90. The molecule has 172 valence electrons. The van der Waals surface area contributed by atoms with Crippen LogP contribution in [0, 0.1) is 5.92 Å². The summed E-state index contributed by atoms with van der Waals surface area (Å²) in [5.74, 6) is -0.984. The van der Waals surface area contributed by atoms with Gasteiger partial charge in [-0.1, -0.05) is 61.4 Å². The Morgan fingerprint density at radius 3 is 2.24 bits per heavy atom. The highest BCUT2D eigenvalue weighted by Crippen LogP contribution is 2.44. The lowest BCUT2D eigenvalue weighted by atomic mass is 9.98. The number of benzene rings is 2. The second kappa shape index (κ2) is 8.89. The fraction of sp³-hybridized carbons (Fsp3) is 0.423. The third-order valence-corrected chi connectivity index (χ3v) is 7.02. The lowest BCUT2D eigenvalue weighted by molar-refractivity contribution is -0.149. The summed E-state index contributed by atoms with van der Waals surface area (Å²) in [5.41, 5.74) is 4.55. The first-order chi connectivity index (χ1) is 16.0. The summed E-state index contributed by atoms with van der Waals surface area (Å²) in [5, 5.41) is 12.2. The zero-order valence-electron chi connectivity index (χ0n) is 18.4. The average molecular weight is 449 g/mol. The minimum Gasteiger partial charge on any atom is -0.480 e. The molecule has 2 amide bonds. The van der Waals surface area contributed by atoms with Crippen LogP contribution >= 0.6 is 0 Å². The largest absolute Gasteiger partial charge is 0.480 e. The number of nitrogens with zero attached hydrogens (tertiary/aromatic N) is 1. The molecular weight excluding hydrogens is 420 g/mol. The maximum atomic E-state index is 13.1. The van der Waals surface area contributed by atoms with Crippen molar-refractivity contribution in [3.63, 3.8) is 0 Å². The Morgan fingerprint density at radius 2 is 1.64 bits per heavy atom. The minimum atomic E-state index is -0.993. The van der Waals surface area contributed by atoms with E-state index in [2.05, 4.69) is 29.6 Å². The molecule has 7 nitrogen and oxygen atoms in total. The molecule has 2 aliphatic carbocycles. The normalized spacial score (nSPS) is 20.1. The van der Waals surface area contributed by atoms with Gasteiger partial charge in [0.15, 0.2) is 0 Å². The number of alkyl carbamates (subject to hydrolysis) is 1. The number of likely N-dealkylation sites (tertiary alicyclic amines) is 1. The Bertz CT molecular complexity index is 1030. The first-order valence-corrected chi connectivity index (χ1v) is 11.7. The minimum absolute atomic E-state index is 0.0595. The lowest BCUT2D eigenvalue weighted by Crippen LogP contribution is -2.52. The molecule has 2 N–H and O–H groups in total. The number of carbonyl (C=O) groups is 3. The molecule has 2 aromatic rings. The molecule has 2 aromatic carbocycles. The summed E-state index contributed by atoms with van der Waals surface area (Å²) >= 11 is 0. The number of carboxylic acids is 1. The van der Waals surface area contributed by atoms with Gasteiger partial charge in [-0.2, -0.15) is 0 Å². The summed E-state index contributed by atoms with van der Waals surface area (Å²) in [6.45, 7) is 0.578. The SMILES string of the molecule is O=C(N[C@@H](CC1CC1)C(=O)N1CCCC1C(=O)O)OCC1c2ccccc2-c2ccccc21. The van der Waals surface area contributed by atoms with Gasteiger partial charge in [-0.15, -0.1) is 0 Å². The monoisotopic (exact) mass is 448 g/mol. The van der Waals surface area contributed by atoms with Crippen LogP contribution in [0.15, 0.2) is 48.5 Å². The highest BCUT2D eigenvalue weighted by atomic mass is 16.5. The zero-order valence-corrected chi connectivity index (χ0v) is 18.4. The predicted octanol–water partition coefficient (Wildman–Crippen LogP) is 3.77. The van der Waals surface area contributed by atoms with Crippen molar-refractivity contribution in [1.82, 2.24) is 10.2 Å². The topological polar surface area (TPSA) is 95.9 Å². The van der Waals surface area contributed by atoms with E-state index in [0.29, 0.717) is 31.7 Å². The van der Waals surface area contributed by atoms with Gasteiger partial charge in [0.2, 0.25) is 5.91 Å². The van der Waals surface area contributed by atoms with Gasteiger partial charge in [-0.05, 0) is 47.4 Å². The summed E-state index contributed by atoms with van der Waals surface area (Å²) in [4.78, 5) is 38.8. The molecule has 1 heterocycles. The standard InChI is InChI=1S/C26H28N2O5/c29-24(28-13-5-10-23(28)25(30)31)22(14-16-11-12-16)27-26(32)33-15-21-19-8-3-1-6-17(19)18-7-2-4-9-20(18)21/h1-4,6-9,16,21-23H,5,10-15H2,(H,27,32)(H,30,31)/t22-,23?/m0/s1. The van der Waals surface area contributed by atoms with Crippen LogP contribution in [0.2, 0.25) is 0 Å². The zero-order chi connectivity index (χ0) is 22.9. The van der Waals surface area contributed by atoms with Crippen molar-refractivity contribution in [1.29, 1.82) is 0 Å². The number of rotatable bonds is 7. The van der Waals surface area contributed by atoms with E-state index in [1.54, 1.807) is 0 Å². The van der Waals surface area contributed by atoms with Crippen LogP contribution in [0.1, 0.15) is 49.1 Å². The van der Waals surface area contributed by atoms with Crippen molar-refractivity contribution in [3.8, 4) is 11.1 Å².